The van der Waals surface area contributed by atoms with Gasteiger partial charge in [-0.25, -0.2) is 4.79 Å². The third-order valence-electron chi connectivity index (χ3n) is 4.13. The highest BCUT2D eigenvalue weighted by Gasteiger charge is 2.15. The molecule has 0 aliphatic rings. The highest BCUT2D eigenvalue weighted by atomic mass is 16.5. The van der Waals surface area contributed by atoms with Crippen LogP contribution in [0.3, 0.4) is 0 Å². The third kappa shape index (κ3) is 5.62. The van der Waals surface area contributed by atoms with Crippen LogP contribution in [0.1, 0.15) is 33.3 Å². The fourth-order valence-corrected chi connectivity index (χ4v) is 2.69. The molecule has 0 aliphatic heterocycles. The molecule has 1 amide bonds. The van der Waals surface area contributed by atoms with E-state index in [1.807, 2.05) is 18.2 Å². The number of esters is 1. The number of aromatic nitrogens is 2. The number of para-hydroxylation sites is 1. The molecule has 2 aromatic carbocycles. The summed E-state index contributed by atoms with van der Waals surface area (Å²) in [6, 6.07) is 20.1. The molecule has 1 aromatic heterocycles. The van der Waals surface area contributed by atoms with Crippen molar-refractivity contribution in [1.29, 1.82) is 0 Å². The highest BCUT2D eigenvalue weighted by Crippen LogP contribution is 2.17. The lowest BCUT2D eigenvalue weighted by atomic mass is 10.1. The first-order valence-electron chi connectivity index (χ1n) is 9.36. The summed E-state index contributed by atoms with van der Waals surface area (Å²) in [7, 11) is 0. The molecule has 148 valence electrons. The monoisotopic (exact) mass is 390 g/mol. The number of nitrogens with one attached hydrogen (secondary N) is 2. The number of amides is 1. The average Bonchev–Trinajstić information content (AvgIpc) is 2.75. The largest absolute Gasteiger partial charge is 0.462 e. The van der Waals surface area contributed by atoms with Crippen LogP contribution < -0.4 is 10.6 Å². The van der Waals surface area contributed by atoms with Crippen LogP contribution in [0.2, 0.25) is 0 Å². The van der Waals surface area contributed by atoms with E-state index in [9.17, 15) is 9.59 Å². The summed E-state index contributed by atoms with van der Waals surface area (Å²) in [6.07, 6.45) is 0.857. The lowest BCUT2D eigenvalue weighted by molar-refractivity contribution is 0.0527. The minimum Gasteiger partial charge on any atom is -0.462 e. The van der Waals surface area contributed by atoms with Crippen molar-refractivity contribution in [3.05, 3.63) is 83.6 Å². The lowest BCUT2D eigenvalue weighted by Crippen LogP contribution is -2.18. The number of hydrogen-bond donors (Lipinski definition) is 2. The molecule has 7 nitrogen and oxygen atoms in total. The summed E-state index contributed by atoms with van der Waals surface area (Å²) in [5.41, 5.74) is 2.03. The van der Waals surface area contributed by atoms with Crippen LogP contribution in [-0.2, 0) is 11.2 Å². The van der Waals surface area contributed by atoms with Crippen LogP contribution in [0.15, 0.2) is 66.7 Å². The van der Waals surface area contributed by atoms with Crippen LogP contribution >= 0.6 is 0 Å². The molecule has 3 aromatic rings. The van der Waals surface area contributed by atoms with Gasteiger partial charge >= 0.3 is 5.97 Å². The third-order valence-corrected chi connectivity index (χ3v) is 4.13. The number of benzene rings is 2. The Morgan fingerprint density at radius 1 is 0.931 bits per heavy atom. The van der Waals surface area contributed by atoms with Crippen LogP contribution in [0, 0.1) is 0 Å². The van der Waals surface area contributed by atoms with Crippen molar-refractivity contribution in [2.45, 2.75) is 13.3 Å². The number of nitrogens with zero attached hydrogens (tertiary/aromatic N) is 2. The summed E-state index contributed by atoms with van der Waals surface area (Å²) < 4.78 is 5.01. The predicted molar refractivity (Wildman–Crippen MR) is 111 cm³/mol. The van der Waals surface area contributed by atoms with Crippen molar-refractivity contribution in [3.63, 3.8) is 0 Å². The number of ether oxygens (including phenoxy) is 1. The first-order chi connectivity index (χ1) is 14.2. The van der Waals surface area contributed by atoms with Crippen molar-refractivity contribution in [2.24, 2.45) is 0 Å². The number of anilines is 2. The van der Waals surface area contributed by atoms with Gasteiger partial charge in [-0.05, 0) is 43.2 Å². The number of carbonyl (C=O) groups excluding carboxylic acids is 2. The van der Waals surface area contributed by atoms with Gasteiger partial charge < -0.3 is 15.4 Å². The van der Waals surface area contributed by atoms with Crippen LogP contribution in [0.4, 0.5) is 11.5 Å². The molecule has 0 fully saturated rings. The fourth-order valence-electron chi connectivity index (χ4n) is 2.69. The molecule has 0 spiro atoms. The molecule has 0 atom stereocenters. The SMILES string of the molecule is CCOC(=O)c1ccccc1NC(=O)c1ccc(NCCc2ccccc2)nn1. The van der Waals surface area contributed by atoms with E-state index in [0.29, 0.717) is 18.1 Å². The molecule has 2 N–H and O–H groups in total. The molecule has 0 saturated carbocycles. The van der Waals surface area contributed by atoms with Crippen molar-refractivity contribution in [3.8, 4) is 0 Å². The summed E-state index contributed by atoms with van der Waals surface area (Å²) in [6.45, 7) is 2.69. The first kappa shape index (κ1) is 20.0. The van der Waals surface area contributed by atoms with Crippen molar-refractivity contribution in [2.75, 3.05) is 23.8 Å². The Hall–Kier alpha value is -3.74. The molecule has 0 bridgehead atoms. The second-order valence-corrected chi connectivity index (χ2v) is 6.19. The van der Waals surface area contributed by atoms with Gasteiger partial charge in [-0.15, -0.1) is 10.2 Å². The maximum atomic E-state index is 12.5. The molecule has 0 radical (unpaired) electrons. The molecule has 0 aliphatic carbocycles. The first-order valence-corrected chi connectivity index (χ1v) is 9.36. The van der Waals surface area contributed by atoms with Gasteiger partial charge in [0, 0.05) is 6.54 Å². The Balaban J connectivity index is 1.59. The van der Waals surface area contributed by atoms with Gasteiger partial charge in [0.15, 0.2) is 5.69 Å². The maximum Gasteiger partial charge on any atom is 0.340 e. The van der Waals surface area contributed by atoms with Gasteiger partial charge in [0.2, 0.25) is 0 Å². The number of rotatable bonds is 8. The second-order valence-electron chi connectivity index (χ2n) is 6.19. The highest BCUT2D eigenvalue weighted by molar-refractivity contribution is 6.07. The number of carbonyl (C=O) groups is 2. The summed E-state index contributed by atoms with van der Waals surface area (Å²) in [5, 5.41) is 13.9. The molecule has 29 heavy (non-hydrogen) atoms. The molecular weight excluding hydrogens is 368 g/mol. The van der Waals surface area contributed by atoms with Crippen molar-refractivity contribution >= 4 is 23.4 Å². The summed E-state index contributed by atoms with van der Waals surface area (Å²) in [5.74, 6) is -0.359. The summed E-state index contributed by atoms with van der Waals surface area (Å²) >= 11 is 0. The molecule has 7 heteroatoms. The van der Waals surface area contributed by atoms with Gasteiger partial charge in [-0.1, -0.05) is 42.5 Å². The topological polar surface area (TPSA) is 93.2 Å². The molecular formula is C22H22N4O3. The van der Waals surface area contributed by atoms with Gasteiger partial charge in [0.1, 0.15) is 5.82 Å². The minimum atomic E-state index is -0.493. The molecule has 3 rings (SSSR count). The Kier molecular flexibility index (Phi) is 6.89. The zero-order chi connectivity index (χ0) is 20.5. The van der Waals surface area contributed by atoms with E-state index >= 15 is 0 Å². The van der Waals surface area contributed by atoms with E-state index in [2.05, 4.69) is 33.0 Å². The quantitative estimate of drug-likeness (QED) is 0.571. The van der Waals surface area contributed by atoms with E-state index in [4.69, 9.17) is 4.74 Å². The Labute approximate surface area is 169 Å². The lowest BCUT2D eigenvalue weighted by Gasteiger charge is -2.10. The van der Waals surface area contributed by atoms with E-state index < -0.39 is 11.9 Å². The van der Waals surface area contributed by atoms with Gasteiger partial charge in [0.25, 0.3) is 5.91 Å². The van der Waals surface area contributed by atoms with Crippen molar-refractivity contribution in [1.82, 2.24) is 10.2 Å². The summed E-state index contributed by atoms with van der Waals surface area (Å²) in [4.78, 5) is 24.5. The van der Waals surface area contributed by atoms with E-state index in [0.717, 1.165) is 6.42 Å². The average molecular weight is 390 g/mol. The van der Waals surface area contributed by atoms with E-state index in [-0.39, 0.29) is 17.9 Å². The Bertz CT molecular complexity index is 959. The molecule has 0 unspecified atom stereocenters. The second kappa shape index (κ2) is 9.98. The number of hydrogen-bond acceptors (Lipinski definition) is 6. The fraction of sp³-hybridized carbons (Fsp3) is 0.182. The van der Waals surface area contributed by atoms with Crippen LogP contribution in [0.5, 0.6) is 0 Å². The van der Waals surface area contributed by atoms with Crippen LogP contribution in [-0.4, -0.2) is 35.2 Å². The molecule has 0 saturated heterocycles. The van der Waals surface area contributed by atoms with Crippen LogP contribution in [0.25, 0.3) is 0 Å². The normalized spacial score (nSPS) is 10.2. The Morgan fingerprint density at radius 2 is 1.69 bits per heavy atom. The molecule has 1 heterocycles. The van der Waals surface area contributed by atoms with Crippen molar-refractivity contribution < 1.29 is 14.3 Å². The zero-order valence-corrected chi connectivity index (χ0v) is 16.1. The standard InChI is InChI=1S/C22H22N4O3/c1-2-29-22(28)17-10-6-7-11-18(17)24-21(27)19-12-13-20(26-25-19)23-15-14-16-8-4-3-5-9-16/h3-13H,2,14-15H2,1H3,(H,23,26)(H,24,27). The van der Waals surface area contributed by atoms with Gasteiger partial charge in [-0.3, -0.25) is 4.79 Å². The van der Waals surface area contributed by atoms with E-state index in [1.165, 1.54) is 5.56 Å². The van der Waals surface area contributed by atoms with Gasteiger partial charge in [0.05, 0.1) is 17.9 Å². The van der Waals surface area contributed by atoms with E-state index in [1.54, 1.807) is 43.3 Å². The zero-order valence-electron chi connectivity index (χ0n) is 16.1. The Morgan fingerprint density at radius 3 is 2.41 bits per heavy atom. The minimum absolute atomic E-state index is 0.150. The predicted octanol–water partition coefficient (Wildman–Crippen LogP) is 3.56. The smallest absolute Gasteiger partial charge is 0.340 e. The van der Waals surface area contributed by atoms with Gasteiger partial charge in [-0.2, -0.15) is 0 Å². The maximum absolute atomic E-state index is 12.5.